The van der Waals surface area contributed by atoms with Crippen LogP contribution in [0.15, 0.2) is 46.1 Å². The number of carbonyl (C=O) groups is 1. The van der Waals surface area contributed by atoms with Gasteiger partial charge in [-0.1, -0.05) is 26.0 Å². The van der Waals surface area contributed by atoms with Crippen LogP contribution in [0, 0.1) is 13.8 Å². The highest BCUT2D eigenvalue weighted by Crippen LogP contribution is 2.40. The van der Waals surface area contributed by atoms with Crippen LogP contribution >= 0.6 is 0 Å². The highest BCUT2D eigenvalue weighted by Gasteiger charge is 2.32. The van der Waals surface area contributed by atoms with Gasteiger partial charge in [-0.2, -0.15) is 0 Å². The van der Waals surface area contributed by atoms with E-state index < -0.39 is 13.4 Å². The molecule has 1 aromatic carbocycles. The molecule has 0 saturated heterocycles. The van der Waals surface area contributed by atoms with Crippen molar-refractivity contribution in [2.45, 2.75) is 54.4 Å². The number of aromatic nitrogens is 1. The molecule has 0 bridgehead atoms. The number of benzene rings is 1. The van der Waals surface area contributed by atoms with Gasteiger partial charge in [0.2, 0.25) is 0 Å². The molecule has 7 heteroatoms. The van der Waals surface area contributed by atoms with Gasteiger partial charge in [-0.05, 0) is 80.5 Å². The summed E-state index contributed by atoms with van der Waals surface area (Å²) >= 11 is 0. The minimum absolute atomic E-state index is 0.145. The van der Waals surface area contributed by atoms with Crippen molar-refractivity contribution in [2.75, 3.05) is 0 Å². The number of aromatic carboxylic acids is 1. The van der Waals surface area contributed by atoms with Gasteiger partial charge in [-0.3, -0.25) is 13.6 Å². The number of carboxylic acids is 1. The molecule has 0 fully saturated rings. The summed E-state index contributed by atoms with van der Waals surface area (Å²) in [5, 5.41) is 9.27. The van der Waals surface area contributed by atoms with E-state index in [0.717, 1.165) is 38.9 Å². The first-order valence-electron chi connectivity index (χ1n) is 10.5. The number of hydrogen-bond donors (Lipinski definition) is 1. The number of rotatable bonds is 6. The summed E-state index contributed by atoms with van der Waals surface area (Å²) in [7, 11) is -2.70. The van der Waals surface area contributed by atoms with E-state index >= 15 is 0 Å². The average molecular weight is 424 g/mol. The lowest BCUT2D eigenvalue weighted by Crippen LogP contribution is -2.18. The first-order valence-corrected chi connectivity index (χ1v) is 10.5. The second kappa shape index (κ2) is 8.65. The van der Waals surface area contributed by atoms with E-state index in [2.05, 4.69) is 6.92 Å². The van der Waals surface area contributed by atoms with E-state index in [-0.39, 0.29) is 5.56 Å². The van der Waals surface area contributed by atoms with Gasteiger partial charge in [0.05, 0.1) is 11.3 Å². The quantitative estimate of drug-likeness (QED) is 0.570. The Labute approximate surface area is 182 Å². The fourth-order valence-electron chi connectivity index (χ4n) is 4.64. The lowest BCUT2D eigenvalue weighted by molar-refractivity contribution is 0.0697. The molecule has 1 N–H and O–H groups in total. The van der Waals surface area contributed by atoms with Crippen molar-refractivity contribution >= 4 is 24.7 Å². The Hall–Kier alpha value is -2.96. The maximum atomic E-state index is 14.3. The highest BCUT2D eigenvalue weighted by atomic mass is 19.2. The number of nitrogens with zero attached hydrogens (tertiary/aromatic N) is 2. The van der Waals surface area contributed by atoms with Crippen LogP contribution in [0.3, 0.4) is 0 Å². The van der Waals surface area contributed by atoms with Gasteiger partial charge >= 0.3 is 13.4 Å². The van der Waals surface area contributed by atoms with Crippen LogP contribution in [0.25, 0.3) is 5.57 Å². The molecule has 2 aromatic rings. The maximum absolute atomic E-state index is 14.3. The van der Waals surface area contributed by atoms with Gasteiger partial charge in [0.25, 0.3) is 0 Å². The largest absolute Gasteiger partial charge is 0.677 e. The molecule has 0 aliphatic carbocycles. The van der Waals surface area contributed by atoms with E-state index in [9.17, 15) is 18.5 Å². The Kier molecular flexibility index (Phi) is 6.34. The van der Waals surface area contributed by atoms with Crippen molar-refractivity contribution in [1.29, 1.82) is 0 Å². The minimum Gasteiger partial charge on any atom is -0.478 e. The molecule has 4 nitrogen and oxygen atoms in total. The normalized spacial score (nSPS) is 15.4. The zero-order valence-corrected chi connectivity index (χ0v) is 18.8. The third kappa shape index (κ3) is 3.77. The van der Waals surface area contributed by atoms with E-state index in [4.69, 9.17) is 4.99 Å². The molecule has 0 amide bonds. The number of hydrogen-bond acceptors (Lipinski definition) is 2. The highest BCUT2D eigenvalue weighted by molar-refractivity contribution is 6.41. The molecular formula is C24H27BF2N2O2. The third-order valence-corrected chi connectivity index (χ3v) is 6.17. The lowest BCUT2D eigenvalue weighted by atomic mass is 9.92. The molecule has 0 unspecified atom stereocenters. The summed E-state index contributed by atoms with van der Waals surface area (Å²) in [6.45, 7) is 11.5. The molecule has 2 heterocycles. The summed E-state index contributed by atoms with van der Waals surface area (Å²) in [5.41, 5.74) is 7.73. The monoisotopic (exact) mass is 424 g/mol. The fourth-order valence-corrected chi connectivity index (χ4v) is 4.64. The van der Waals surface area contributed by atoms with Crippen LogP contribution in [0.5, 0.6) is 0 Å². The Morgan fingerprint density at radius 1 is 1.03 bits per heavy atom. The van der Waals surface area contributed by atoms with Crippen LogP contribution in [-0.2, 0) is 6.42 Å². The molecule has 1 aromatic heterocycles. The summed E-state index contributed by atoms with van der Waals surface area (Å²) in [5.74, 6) is -1.03. The van der Waals surface area contributed by atoms with E-state index in [0.29, 0.717) is 34.6 Å². The van der Waals surface area contributed by atoms with Gasteiger partial charge in [-0.15, -0.1) is 0 Å². The number of allylic oxidation sites excluding steroid dienone is 2. The second-order valence-electron chi connectivity index (χ2n) is 7.80. The molecule has 31 heavy (non-hydrogen) atoms. The molecular weight excluding hydrogens is 397 g/mol. The van der Waals surface area contributed by atoms with Crippen LogP contribution in [0.2, 0.25) is 0 Å². The van der Waals surface area contributed by atoms with Gasteiger partial charge in [0, 0.05) is 22.7 Å². The standard InChI is InChI=1S/C24H27BF2N2O2/c1-7-19-13(3)22(28-15(19)5)21(17-9-11-18(12-10-17)24(30)31)23-14(4)20(8-2)16(6)29(23)25(26)27/h9-12H,7-8H2,1-6H3,(H,30,31)/b22-21-. The third-order valence-electron chi connectivity index (χ3n) is 6.17. The van der Waals surface area contributed by atoms with Crippen molar-refractivity contribution in [3.63, 3.8) is 0 Å². The summed E-state index contributed by atoms with van der Waals surface area (Å²) < 4.78 is 29.7. The van der Waals surface area contributed by atoms with E-state index in [1.165, 1.54) is 12.1 Å². The second-order valence-corrected chi connectivity index (χ2v) is 7.80. The van der Waals surface area contributed by atoms with Crippen LogP contribution in [-0.4, -0.2) is 28.7 Å². The number of halogens is 2. The molecule has 0 atom stereocenters. The van der Waals surface area contributed by atoms with Crippen molar-refractivity contribution in [3.8, 4) is 0 Å². The zero-order chi connectivity index (χ0) is 23.0. The number of aliphatic imine (C=N–C) groups is 1. The molecule has 3 rings (SSSR count). The van der Waals surface area contributed by atoms with Gasteiger partial charge in [-0.25, -0.2) is 4.79 Å². The van der Waals surface area contributed by atoms with Crippen molar-refractivity contribution < 1.29 is 18.5 Å². The van der Waals surface area contributed by atoms with Gasteiger partial charge in [0.1, 0.15) is 0 Å². The molecule has 0 spiro atoms. The maximum Gasteiger partial charge on any atom is 0.677 e. The van der Waals surface area contributed by atoms with E-state index in [1.807, 2.05) is 27.7 Å². The van der Waals surface area contributed by atoms with Gasteiger partial charge in [0.15, 0.2) is 0 Å². The van der Waals surface area contributed by atoms with Crippen LogP contribution < -0.4 is 0 Å². The summed E-state index contributed by atoms with van der Waals surface area (Å²) in [4.78, 5) is 16.1. The molecule has 1 aliphatic rings. The Balaban J connectivity index is 2.45. The molecule has 0 saturated carbocycles. The SMILES string of the molecule is CCC1=C(C)/C(=C(\c2ccc(C(=O)O)cc2)c2c(C)c(CC)c(C)n2B(F)F)N=C1C. The van der Waals surface area contributed by atoms with Crippen molar-refractivity contribution in [3.05, 3.63) is 74.8 Å². The molecule has 162 valence electrons. The zero-order valence-electron chi connectivity index (χ0n) is 18.8. The first kappa shape index (κ1) is 22.7. The number of carboxylic acid groups (broad SMARTS) is 1. The molecule has 1 aliphatic heterocycles. The Morgan fingerprint density at radius 3 is 2.06 bits per heavy atom. The summed E-state index contributed by atoms with van der Waals surface area (Å²) in [6, 6.07) is 6.36. The predicted octanol–water partition coefficient (Wildman–Crippen LogP) is 6.10. The lowest BCUT2D eigenvalue weighted by Gasteiger charge is -2.17. The fraction of sp³-hybridized carbons (Fsp3) is 0.333. The topological polar surface area (TPSA) is 54.6 Å². The Bertz CT molecular complexity index is 1140. The predicted molar refractivity (Wildman–Crippen MR) is 122 cm³/mol. The summed E-state index contributed by atoms with van der Waals surface area (Å²) in [6.07, 6.45) is 1.44. The van der Waals surface area contributed by atoms with Crippen molar-refractivity contribution in [1.82, 2.24) is 4.48 Å². The molecule has 0 radical (unpaired) electrons. The smallest absolute Gasteiger partial charge is 0.478 e. The van der Waals surface area contributed by atoms with Crippen molar-refractivity contribution in [2.24, 2.45) is 4.99 Å². The Morgan fingerprint density at radius 2 is 1.61 bits per heavy atom. The van der Waals surface area contributed by atoms with Crippen LogP contribution in [0.1, 0.15) is 72.6 Å². The van der Waals surface area contributed by atoms with Crippen LogP contribution in [0.4, 0.5) is 8.63 Å². The first-order chi connectivity index (χ1) is 14.6. The van der Waals surface area contributed by atoms with Gasteiger partial charge < -0.3 is 9.58 Å². The minimum atomic E-state index is -2.70. The van der Waals surface area contributed by atoms with E-state index in [1.54, 1.807) is 19.1 Å². The average Bonchev–Trinajstić information content (AvgIpc) is 3.14.